The lowest BCUT2D eigenvalue weighted by Crippen LogP contribution is -2.34. The highest BCUT2D eigenvalue weighted by Crippen LogP contribution is 2.47. The first-order valence-corrected chi connectivity index (χ1v) is 11.6. The van der Waals surface area contributed by atoms with Crippen molar-refractivity contribution < 1.29 is 14.6 Å². The molecule has 0 saturated heterocycles. The van der Waals surface area contributed by atoms with Crippen LogP contribution in [-0.4, -0.2) is 17.7 Å². The number of aliphatic carboxylic acids is 1. The van der Waals surface area contributed by atoms with Gasteiger partial charge in [0, 0.05) is 5.56 Å². The van der Waals surface area contributed by atoms with Gasteiger partial charge in [0.25, 0.3) is 0 Å². The van der Waals surface area contributed by atoms with Crippen molar-refractivity contribution in [2.45, 2.75) is 90.9 Å². The number of ether oxygens (including phenoxy) is 1. The zero-order valence-corrected chi connectivity index (χ0v) is 20.3. The minimum Gasteiger partial charge on any atom is -0.493 e. The molecule has 1 aromatic carbocycles. The van der Waals surface area contributed by atoms with Gasteiger partial charge in [-0.3, -0.25) is 4.79 Å². The van der Waals surface area contributed by atoms with Crippen LogP contribution in [0.2, 0.25) is 0 Å². The second-order valence-electron chi connectivity index (χ2n) is 10.0. The average Bonchev–Trinajstić information content (AvgIpc) is 2.70. The maximum absolute atomic E-state index is 10.7. The predicted octanol–water partition coefficient (Wildman–Crippen LogP) is 7.60. The number of allylic oxidation sites excluding steroid dienone is 4. The Hall–Kier alpha value is -2.29. The fourth-order valence-corrected chi connectivity index (χ4v) is 4.08. The lowest BCUT2D eigenvalue weighted by Gasteiger charge is -2.42. The summed E-state index contributed by atoms with van der Waals surface area (Å²) in [4.78, 5) is 10.7. The molecule has 0 amide bonds. The number of carboxylic acids is 1. The molecule has 1 aliphatic carbocycles. The topological polar surface area (TPSA) is 46.5 Å². The lowest BCUT2D eigenvalue weighted by molar-refractivity contribution is -0.136. The third kappa shape index (κ3) is 7.12. The smallest absolute Gasteiger partial charge is 0.307 e. The quantitative estimate of drug-likeness (QED) is 0.311. The van der Waals surface area contributed by atoms with E-state index in [0.29, 0.717) is 0 Å². The Morgan fingerprint density at radius 3 is 2.32 bits per heavy atom. The maximum atomic E-state index is 10.7. The fraction of sp³-hybridized carbons (Fsp3) is 0.536. The van der Waals surface area contributed by atoms with Gasteiger partial charge in [0.05, 0.1) is 13.0 Å². The van der Waals surface area contributed by atoms with Crippen LogP contribution in [0.3, 0.4) is 0 Å². The Kier molecular flexibility index (Phi) is 8.73. The van der Waals surface area contributed by atoms with Crippen molar-refractivity contribution in [2.24, 2.45) is 0 Å². The van der Waals surface area contributed by atoms with Crippen LogP contribution in [0.4, 0.5) is 0 Å². The van der Waals surface area contributed by atoms with Crippen molar-refractivity contribution >= 4 is 12.0 Å². The molecule has 0 unspecified atom stereocenters. The summed E-state index contributed by atoms with van der Waals surface area (Å²) in [5, 5.41) is 8.80. The first kappa shape index (κ1) is 25.0. The third-order valence-corrected chi connectivity index (χ3v) is 6.33. The van der Waals surface area contributed by atoms with Crippen molar-refractivity contribution in [2.75, 3.05) is 6.61 Å². The summed E-state index contributed by atoms with van der Waals surface area (Å²) in [6.07, 6.45) is 15.6. The van der Waals surface area contributed by atoms with Gasteiger partial charge in [-0.1, -0.05) is 83.4 Å². The highest BCUT2D eigenvalue weighted by atomic mass is 16.5. The molecule has 0 aromatic heterocycles. The molecule has 0 atom stereocenters. The second-order valence-corrected chi connectivity index (χ2v) is 10.0. The normalized spacial score (nSPS) is 17.8. The van der Waals surface area contributed by atoms with Gasteiger partial charge in [0.15, 0.2) is 0 Å². The number of carboxylic acid groups (broad SMARTS) is 1. The van der Waals surface area contributed by atoms with Gasteiger partial charge in [-0.05, 0) is 60.3 Å². The van der Waals surface area contributed by atoms with Gasteiger partial charge in [-0.25, -0.2) is 0 Å². The zero-order valence-electron chi connectivity index (χ0n) is 20.3. The summed E-state index contributed by atoms with van der Waals surface area (Å²) < 4.78 is 6.26. The van der Waals surface area contributed by atoms with E-state index < -0.39 is 5.97 Å². The SMILES string of the molecule is CCCCCOc1cc2c(cc1C=CC=CC(C)=CCC(=O)O)C(C)(C)CCC2(C)C. The molecule has 0 bridgehead atoms. The van der Waals surface area contributed by atoms with Crippen LogP contribution >= 0.6 is 0 Å². The predicted molar refractivity (Wildman–Crippen MR) is 131 cm³/mol. The molecule has 0 aliphatic heterocycles. The number of hydrogen-bond donors (Lipinski definition) is 1. The number of carbonyl (C=O) groups is 1. The van der Waals surface area contributed by atoms with Gasteiger partial charge in [-0.2, -0.15) is 0 Å². The van der Waals surface area contributed by atoms with Gasteiger partial charge in [0.1, 0.15) is 5.75 Å². The maximum Gasteiger partial charge on any atom is 0.307 e. The van der Waals surface area contributed by atoms with Crippen LogP contribution in [0.1, 0.15) is 96.8 Å². The van der Waals surface area contributed by atoms with E-state index in [9.17, 15) is 4.79 Å². The van der Waals surface area contributed by atoms with Crippen molar-refractivity contribution in [3.63, 3.8) is 0 Å². The third-order valence-electron chi connectivity index (χ3n) is 6.33. The van der Waals surface area contributed by atoms with Crippen molar-refractivity contribution in [1.29, 1.82) is 0 Å². The molecule has 1 aromatic rings. The highest BCUT2D eigenvalue weighted by molar-refractivity contribution is 5.69. The molecule has 0 fully saturated rings. The molecule has 1 aliphatic rings. The molecule has 170 valence electrons. The van der Waals surface area contributed by atoms with Crippen molar-refractivity contribution in [3.8, 4) is 5.75 Å². The van der Waals surface area contributed by atoms with E-state index >= 15 is 0 Å². The van der Waals surface area contributed by atoms with Crippen LogP contribution in [0.15, 0.2) is 42.0 Å². The van der Waals surface area contributed by atoms with Crippen LogP contribution in [0, 0.1) is 0 Å². The largest absolute Gasteiger partial charge is 0.493 e. The molecule has 0 saturated carbocycles. The number of benzene rings is 1. The van der Waals surface area contributed by atoms with Crippen molar-refractivity contribution in [3.05, 3.63) is 58.7 Å². The Morgan fingerprint density at radius 2 is 1.71 bits per heavy atom. The van der Waals surface area contributed by atoms with E-state index in [1.165, 1.54) is 36.8 Å². The molecule has 3 heteroatoms. The van der Waals surface area contributed by atoms with Crippen LogP contribution in [-0.2, 0) is 15.6 Å². The summed E-state index contributed by atoms with van der Waals surface area (Å²) in [6.45, 7) is 14.2. The zero-order chi connectivity index (χ0) is 23.1. The molecular weight excluding hydrogens is 384 g/mol. The molecular formula is C28H40O3. The first-order valence-electron chi connectivity index (χ1n) is 11.6. The fourth-order valence-electron chi connectivity index (χ4n) is 4.08. The van der Waals surface area contributed by atoms with Crippen molar-refractivity contribution in [1.82, 2.24) is 0 Å². The van der Waals surface area contributed by atoms with Crippen LogP contribution in [0.25, 0.3) is 6.08 Å². The Balaban J connectivity index is 2.35. The highest BCUT2D eigenvalue weighted by Gasteiger charge is 2.37. The molecule has 0 radical (unpaired) electrons. The number of unbranched alkanes of at least 4 members (excludes halogenated alkanes) is 2. The minimum atomic E-state index is -0.812. The Labute approximate surface area is 188 Å². The van der Waals surface area contributed by atoms with Crippen LogP contribution in [0.5, 0.6) is 5.75 Å². The van der Waals surface area contributed by atoms with Crippen LogP contribution < -0.4 is 4.74 Å². The van der Waals surface area contributed by atoms with Gasteiger partial charge in [0.2, 0.25) is 0 Å². The molecule has 0 heterocycles. The number of fused-ring (bicyclic) bond motifs is 1. The van der Waals surface area contributed by atoms with E-state index in [1.807, 2.05) is 25.2 Å². The van der Waals surface area contributed by atoms with Gasteiger partial charge < -0.3 is 9.84 Å². The lowest BCUT2D eigenvalue weighted by atomic mass is 9.63. The van der Waals surface area contributed by atoms with E-state index in [1.54, 1.807) is 6.08 Å². The van der Waals surface area contributed by atoms with Gasteiger partial charge >= 0.3 is 5.97 Å². The van der Waals surface area contributed by atoms with E-state index in [-0.39, 0.29) is 17.3 Å². The molecule has 0 spiro atoms. The Morgan fingerprint density at radius 1 is 1.06 bits per heavy atom. The summed E-state index contributed by atoms with van der Waals surface area (Å²) in [7, 11) is 0. The molecule has 1 N–H and O–H groups in total. The summed E-state index contributed by atoms with van der Waals surface area (Å²) in [5.41, 5.74) is 5.19. The van der Waals surface area contributed by atoms with E-state index in [2.05, 4.69) is 52.8 Å². The molecule has 3 nitrogen and oxygen atoms in total. The number of rotatable bonds is 10. The summed E-state index contributed by atoms with van der Waals surface area (Å²) >= 11 is 0. The molecule has 31 heavy (non-hydrogen) atoms. The van der Waals surface area contributed by atoms with E-state index in [0.717, 1.165) is 29.9 Å². The van der Waals surface area contributed by atoms with Gasteiger partial charge in [-0.15, -0.1) is 0 Å². The first-order chi connectivity index (χ1) is 14.6. The second kappa shape index (κ2) is 10.8. The number of hydrogen-bond acceptors (Lipinski definition) is 2. The minimum absolute atomic E-state index is 0.0470. The molecule has 2 rings (SSSR count). The standard InChI is InChI=1S/C28H40O3/c1-7-8-11-18-31-25-20-24-23(27(3,4)16-17-28(24,5)6)19-22(25)13-10-9-12-21(2)14-15-26(29)30/h9-10,12-14,19-20H,7-8,11,15-18H2,1-6H3,(H,29,30). The van der Waals surface area contributed by atoms with E-state index in [4.69, 9.17) is 9.84 Å². The average molecular weight is 425 g/mol. The monoisotopic (exact) mass is 424 g/mol. The Bertz CT molecular complexity index is 853. The summed E-state index contributed by atoms with van der Waals surface area (Å²) in [6, 6.07) is 4.60. The summed E-state index contributed by atoms with van der Waals surface area (Å²) in [5.74, 6) is 0.149.